The second kappa shape index (κ2) is 6.02. The van der Waals surface area contributed by atoms with E-state index < -0.39 is 28.7 Å². The molecule has 1 saturated heterocycles. The molecule has 0 radical (unpaired) electrons. The van der Waals surface area contributed by atoms with E-state index in [2.05, 4.69) is 9.97 Å². The molecule has 0 unspecified atom stereocenters. The highest BCUT2D eigenvalue weighted by molar-refractivity contribution is 7.16. The SMILES string of the molecule is CC[C@H]1O[C@@H](n2c(=O)sc3c(=O)[nH]c(N)nc32)[C@H](OC(C)=O)[C@H]1C. The highest BCUT2D eigenvalue weighted by Gasteiger charge is 2.45. The maximum atomic E-state index is 12.4. The number of aromatic nitrogens is 3. The summed E-state index contributed by atoms with van der Waals surface area (Å²) in [6.07, 6.45) is -0.975. The third-order valence-electron chi connectivity index (χ3n) is 4.15. The van der Waals surface area contributed by atoms with Gasteiger partial charge in [-0.2, -0.15) is 4.98 Å². The average molecular weight is 354 g/mol. The number of hydrogen-bond donors (Lipinski definition) is 2. The number of ether oxygens (including phenoxy) is 2. The Labute approximate surface area is 140 Å². The summed E-state index contributed by atoms with van der Waals surface area (Å²) in [7, 11) is 0. The number of rotatable bonds is 3. The molecule has 0 saturated carbocycles. The van der Waals surface area contributed by atoms with Gasteiger partial charge >= 0.3 is 10.8 Å². The number of nitrogens with one attached hydrogen (secondary N) is 1. The van der Waals surface area contributed by atoms with Crippen molar-refractivity contribution in [3.63, 3.8) is 0 Å². The van der Waals surface area contributed by atoms with E-state index in [9.17, 15) is 14.4 Å². The van der Waals surface area contributed by atoms with Crippen LogP contribution in [0.25, 0.3) is 10.3 Å². The van der Waals surface area contributed by atoms with E-state index in [1.807, 2.05) is 13.8 Å². The van der Waals surface area contributed by atoms with Gasteiger partial charge in [-0.3, -0.25) is 23.9 Å². The Morgan fingerprint density at radius 1 is 1.50 bits per heavy atom. The van der Waals surface area contributed by atoms with Crippen LogP contribution in [0, 0.1) is 5.92 Å². The van der Waals surface area contributed by atoms with Crippen LogP contribution >= 0.6 is 11.3 Å². The van der Waals surface area contributed by atoms with Crippen LogP contribution in [0.5, 0.6) is 0 Å². The highest BCUT2D eigenvalue weighted by atomic mass is 32.1. The van der Waals surface area contributed by atoms with Gasteiger partial charge in [-0.05, 0) is 6.42 Å². The van der Waals surface area contributed by atoms with Gasteiger partial charge in [0.15, 0.2) is 18.0 Å². The Balaban J connectivity index is 2.17. The molecule has 0 bridgehead atoms. The Kier molecular flexibility index (Phi) is 4.18. The average Bonchev–Trinajstić information content (AvgIpc) is 2.97. The molecule has 2 aromatic rings. The van der Waals surface area contributed by atoms with Gasteiger partial charge in [0, 0.05) is 12.8 Å². The summed E-state index contributed by atoms with van der Waals surface area (Å²) in [5, 5.41) is 0. The Bertz CT molecular complexity index is 901. The van der Waals surface area contributed by atoms with E-state index in [1.165, 1.54) is 11.5 Å². The maximum Gasteiger partial charge on any atom is 0.311 e. The topological polar surface area (TPSA) is 129 Å². The summed E-state index contributed by atoms with van der Waals surface area (Å²) < 4.78 is 12.8. The monoisotopic (exact) mass is 354 g/mol. The summed E-state index contributed by atoms with van der Waals surface area (Å²) in [5.41, 5.74) is 5.24. The van der Waals surface area contributed by atoms with E-state index in [0.717, 1.165) is 11.3 Å². The molecule has 0 aromatic carbocycles. The van der Waals surface area contributed by atoms with Crippen LogP contribution in [-0.2, 0) is 14.3 Å². The third-order valence-corrected chi connectivity index (χ3v) is 5.09. The second-order valence-corrected chi connectivity index (χ2v) is 6.71. The van der Waals surface area contributed by atoms with Gasteiger partial charge in [-0.1, -0.05) is 25.2 Å². The number of thiazole rings is 1. The lowest BCUT2D eigenvalue weighted by molar-refractivity contribution is -0.153. The molecule has 1 fully saturated rings. The molecule has 10 heteroatoms. The van der Waals surface area contributed by atoms with Gasteiger partial charge < -0.3 is 15.2 Å². The zero-order valence-electron chi connectivity index (χ0n) is 13.4. The minimum absolute atomic E-state index is 0.0961. The maximum absolute atomic E-state index is 12.4. The molecule has 24 heavy (non-hydrogen) atoms. The summed E-state index contributed by atoms with van der Waals surface area (Å²) >= 11 is 0.757. The van der Waals surface area contributed by atoms with Crippen LogP contribution in [0.4, 0.5) is 5.95 Å². The lowest BCUT2D eigenvalue weighted by atomic mass is 9.98. The number of aromatic amines is 1. The highest BCUT2D eigenvalue weighted by Crippen LogP contribution is 2.38. The number of nitrogens with zero attached hydrogens (tertiary/aromatic N) is 2. The molecule has 9 nitrogen and oxygen atoms in total. The molecule has 4 atom stereocenters. The number of fused-ring (bicyclic) bond motifs is 1. The number of hydrogen-bond acceptors (Lipinski definition) is 8. The zero-order chi connectivity index (χ0) is 17.6. The Hall–Kier alpha value is -2.20. The first-order valence-corrected chi connectivity index (χ1v) is 8.38. The summed E-state index contributed by atoms with van der Waals surface area (Å²) in [6, 6.07) is 0. The quantitative estimate of drug-likeness (QED) is 0.772. The fourth-order valence-electron chi connectivity index (χ4n) is 3.05. The largest absolute Gasteiger partial charge is 0.457 e. The van der Waals surface area contributed by atoms with Crippen molar-refractivity contribution in [3.05, 3.63) is 20.0 Å². The van der Waals surface area contributed by atoms with Crippen molar-refractivity contribution in [2.75, 3.05) is 5.73 Å². The van der Waals surface area contributed by atoms with Gasteiger partial charge in [-0.15, -0.1) is 0 Å². The van der Waals surface area contributed by atoms with E-state index in [0.29, 0.717) is 6.42 Å². The fourth-order valence-corrected chi connectivity index (χ4v) is 3.90. The van der Waals surface area contributed by atoms with Gasteiger partial charge in [-0.25, -0.2) is 0 Å². The van der Waals surface area contributed by atoms with Gasteiger partial charge in [0.25, 0.3) is 5.56 Å². The molecule has 0 amide bonds. The minimum atomic E-state index is -0.844. The second-order valence-electron chi connectivity index (χ2n) is 5.75. The van der Waals surface area contributed by atoms with Crippen molar-refractivity contribution in [2.24, 2.45) is 5.92 Å². The summed E-state index contributed by atoms with van der Waals surface area (Å²) in [4.78, 5) is 41.9. The molecule has 1 aliphatic rings. The van der Waals surface area contributed by atoms with Crippen molar-refractivity contribution in [2.45, 2.75) is 45.6 Å². The normalized spacial score (nSPS) is 26.8. The molecule has 3 N–H and O–H groups in total. The lowest BCUT2D eigenvalue weighted by Crippen LogP contribution is -2.33. The molecule has 0 aliphatic carbocycles. The number of nitrogens with two attached hydrogens (primary N) is 1. The number of nitrogen functional groups attached to an aromatic ring is 1. The first kappa shape index (κ1) is 16.7. The first-order valence-electron chi connectivity index (χ1n) is 7.57. The molecule has 3 rings (SSSR count). The van der Waals surface area contributed by atoms with Gasteiger partial charge in [0.2, 0.25) is 5.95 Å². The summed E-state index contributed by atoms with van der Waals surface area (Å²) in [6.45, 7) is 5.15. The van der Waals surface area contributed by atoms with Gasteiger partial charge in [0.1, 0.15) is 4.70 Å². The van der Waals surface area contributed by atoms with E-state index >= 15 is 0 Å². The standard InChI is InChI=1S/C14H18N4O5S/c1-4-7-5(2)8(22-6(3)19)12(23-7)18-10-9(24-14(18)21)11(20)17-13(15)16-10/h5,7-8,12H,4H2,1-3H3,(H3,15,16,17,20)/t5-,7+,8+,12+/m0/s1. The predicted octanol–water partition coefficient (Wildman–Crippen LogP) is 0.604. The van der Waals surface area contributed by atoms with E-state index in [1.54, 1.807) is 0 Å². The van der Waals surface area contributed by atoms with Crippen molar-refractivity contribution < 1.29 is 14.3 Å². The molecule has 0 spiro atoms. The number of carbonyl (C=O) groups excluding carboxylic acids is 1. The smallest absolute Gasteiger partial charge is 0.311 e. The molecular weight excluding hydrogens is 336 g/mol. The lowest BCUT2D eigenvalue weighted by Gasteiger charge is -2.21. The van der Waals surface area contributed by atoms with Crippen molar-refractivity contribution in [3.8, 4) is 0 Å². The van der Waals surface area contributed by atoms with Crippen molar-refractivity contribution >= 4 is 33.6 Å². The van der Waals surface area contributed by atoms with E-state index in [4.69, 9.17) is 15.2 Å². The molecule has 3 heterocycles. The molecule has 2 aromatic heterocycles. The summed E-state index contributed by atoms with van der Waals surface area (Å²) in [5.74, 6) is -0.665. The van der Waals surface area contributed by atoms with Crippen LogP contribution in [0.3, 0.4) is 0 Å². The Morgan fingerprint density at radius 2 is 2.21 bits per heavy atom. The zero-order valence-corrected chi connectivity index (χ0v) is 14.3. The van der Waals surface area contributed by atoms with Crippen molar-refractivity contribution in [1.29, 1.82) is 0 Å². The third kappa shape index (κ3) is 2.61. The fraction of sp³-hybridized carbons (Fsp3) is 0.571. The van der Waals surface area contributed by atoms with Crippen LogP contribution in [-0.4, -0.2) is 32.7 Å². The molecule has 130 valence electrons. The van der Waals surface area contributed by atoms with Gasteiger partial charge in [0.05, 0.1) is 6.10 Å². The van der Waals surface area contributed by atoms with Crippen LogP contribution < -0.4 is 16.2 Å². The van der Waals surface area contributed by atoms with Crippen molar-refractivity contribution in [1.82, 2.24) is 14.5 Å². The predicted molar refractivity (Wildman–Crippen MR) is 87.8 cm³/mol. The Morgan fingerprint density at radius 3 is 2.83 bits per heavy atom. The molecular formula is C14H18N4O5S. The van der Waals surface area contributed by atoms with Crippen LogP contribution in [0.15, 0.2) is 9.59 Å². The van der Waals surface area contributed by atoms with Crippen LogP contribution in [0.2, 0.25) is 0 Å². The molecule has 1 aliphatic heterocycles. The number of carbonyl (C=O) groups is 1. The minimum Gasteiger partial charge on any atom is -0.457 e. The number of esters is 1. The number of anilines is 1. The van der Waals surface area contributed by atoms with Crippen LogP contribution in [0.1, 0.15) is 33.4 Å². The number of H-pyrrole nitrogens is 1. The van der Waals surface area contributed by atoms with E-state index in [-0.39, 0.29) is 28.3 Å². The first-order chi connectivity index (χ1) is 11.3.